The first-order chi connectivity index (χ1) is 10.9. The van der Waals surface area contributed by atoms with E-state index in [0.717, 1.165) is 38.5 Å². The van der Waals surface area contributed by atoms with Crippen LogP contribution in [0.5, 0.6) is 5.75 Å². The topological polar surface area (TPSA) is 30.9 Å². The van der Waals surface area contributed by atoms with E-state index in [1.54, 1.807) is 7.11 Å². The van der Waals surface area contributed by atoms with Crippen LogP contribution in [0.3, 0.4) is 0 Å². The van der Waals surface area contributed by atoms with Crippen LogP contribution in [0, 0.1) is 0 Å². The number of likely N-dealkylation sites (tertiary alicyclic amines) is 1. The summed E-state index contributed by atoms with van der Waals surface area (Å²) in [6.07, 6.45) is 5.92. The predicted octanol–water partition coefficient (Wildman–Crippen LogP) is 3.38. The summed E-state index contributed by atoms with van der Waals surface area (Å²) >= 11 is 0. The number of hydrogen-bond donors (Lipinski definition) is 0. The lowest BCUT2D eigenvalue weighted by Crippen LogP contribution is -2.30. The number of rotatable bonds is 6. The van der Waals surface area contributed by atoms with Gasteiger partial charge in [-0.3, -0.25) is 4.90 Å². The third-order valence-corrected chi connectivity index (χ3v) is 4.66. The number of nitrogens with zero attached hydrogens (tertiary/aromatic N) is 1. The van der Waals surface area contributed by atoms with Gasteiger partial charge in [0.1, 0.15) is 5.75 Å². The fraction of sp³-hybridized carbons (Fsp3) is 0.667. The second-order valence-corrected chi connectivity index (χ2v) is 6.14. The molecule has 4 nitrogen and oxygen atoms in total. The molecule has 2 heterocycles. The van der Waals surface area contributed by atoms with Crippen molar-refractivity contribution in [3.63, 3.8) is 0 Å². The predicted molar refractivity (Wildman–Crippen MR) is 86.1 cm³/mol. The van der Waals surface area contributed by atoms with Gasteiger partial charge >= 0.3 is 0 Å². The monoisotopic (exact) mass is 305 g/mol. The van der Waals surface area contributed by atoms with E-state index in [1.807, 2.05) is 6.07 Å². The van der Waals surface area contributed by atoms with E-state index in [0.29, 0.717) is 6.04 Å². The Morgan fingerprint density at radius 1 is 1.23 bits per heavy atom. The van der Waals surface area contributed by atoms with Crippen LogP contribution < -0.4 is 4.74 Å². The summed E-state index contributed by atoms with van der Waals surface area (Å²) in [6.45, 7) is 3.73. The maximum absolute atomic E-state index is 5.89. The Balaban J connectivity index is 1.51. The van der Waals surface area contributed by atoms with Crippen LogP contribution in [-0.2, 0) is 9.47 Å². The smallest absolute Gasteiger partial charge is 0.157 e. The van der Waals surface area contributed by atoms with E-state index in [1.165, 1.54) is 31.2 Å². The molecule has 4 heteroatoms. The molecule has 0 unspecified atom stereocenters. The summed E-state index contributed by atoms with van der Waals surface area (Å²) in [6, 6.07) is 8.94. The van der Waals surface area contributed by atoms with Crippen molar-refractivity contribution in [2.45, 2.75) is 44.4 Å². The minimum Gasteiger partial charge on any atom is -0.497 e. The Labute approximate surface area is 133 Å². The fourth-order valence-electron chi connectivity index (χ4n) is 3.46. The molecule has 2 saturated heterocycles. The highest BCUT2D eigenvalue weighted by atomic mass is 16.7. The molecule has 0 N–H and O–H groups in total. The first-order valence-corrected chi connectivity index (χ1v) is 8.48. The van der Waals surface area contributed by atoms with Gasteiger partial charge in [0.2, 0.25) is 0 Å². The van der Waals surface area contributed by atoms with Crippen LogP contribution in [0.2, 0.25) is 0 Å². The number of benzene rings is 1. The highest BCUT2D eigenvalue weighted by Gasteiger charge is 2.26. The van der Waals surface area contributed by atoms with Crippen LogP contribution in [0.4, 0.5) is 0 Å². The van der Waals surface area contributed by atoms with E-state index in [-0.39, 0.29) is 6.29 Å². The van der Waals surface area contributed by atoms with Gasteiger partial charge in [0.25, 0.3) is 0 Å². The Kier molecular flexibility index (Phi) is 5.70. The van der Waals surface area contributed by atoms with E-state index in [2.05, 4.69) is 23.1 Å². The molecule has 2 aliphatic heterocycles. The van der Waals surface area contributed by atoms with E-state index in [9.17, 15) is 0 Å². The van der Waals surface area contributed by atoms with Crippen molar-refractivity contribution in [2.75, 3.05) is 33.4 Å². The minimum atomic E-state index is 0.0200. The van der Waals surface area contributed by atoms with E-state index >= 15 is 0 Å². The Morgan fingerprint density at radius 2 is 2.18 bits per heavy atom. The van der Waals surface area contributed by atoms with Crippen molar-refractivity contribution in [1.82, 2.24) is 4.90 Å². The summed E-state index contributed by atoms with van der Waals surface area (Å²) < 4.78 is 16.9. The number of ether oxygens (including phenoxy) is 3. The molecule has 122 valence electrons. The summed E-state index contributed by atoms with van der Waals surface area (Å²) in [7, 11) is 1.73. The van der Waals surface area contributed by atoms with Crippen molar-refractivity contribution >= 4 is 0 Å². The van der Waals surface area contributed by atoms with Crippen LogP contribution in [-0.4, -0.2) is 44.6 Å². The van der Waals surface area contributed by atoms with Crippen molar-refractivity contribution in [2.24, 2.45) is 0 Å². The summed E-state index contributed by atoms with van der Waals surface area (Å²) in [5.74, 6) is 0.941. The lowest BCUT2D eigenvalue weighted by Gasteiger charge is -2.27. The highest BCUT2D eigenvalue weighted by Crippen LogP contribution is 2.33. The second-order valence-electron chi connectivity index (χ2n) is 6.14. The molecule has 0 amide bonds. The molecule has 1 aromatic rings. The lowest BCUT2D eigenvalue weighted by atomic mass is 10.0. The zero-order valence-corrected chi connectivity index (χ0v) is 13.5. The minimum absolute atomic E-state index is 0.0200. The van der Waals surface area contributed by atoms with Crippen molar-refractivity contribution in [3.05, 3.63) is 29.8 Å². The zero-order chi connectivity index (χ0) is 15.2. The summed E-state index contributed by atoms with van der Waals surface area (Å²) in [4.78, 5) is 2.53. The van der Waals surface area contributed by atoms with Crippen molar-refractivity contribution < 1.29 is 14.2 Å². The van der Waals surface area contributed by atoms with E-state index < -0.39 is 0 Å². The molecule has 0 saturated carbocycles. The average Bonchev–Trinajstić information content (AvgIpc) is 3.04. The van der Waals surface area contributed by atoms with Crippen LogP contribution in [0.15, 0.2) is 24.3 Å². The number of hydrogen-bond acceptors (Lipinski definition) is 4. The van der Waals surface area contributed by atoms with Gasteiger partial charge in [-0.15, -0.1) is 0 Å². The molecular weight excluding hydrogens is 278 g/mol. The molecule has 0 aromatic heterocycles. The molecule has 3 rings (SSSR count). The highest BCUT2D eigenvalue weighted by molar-refractivity contribution is 5.31. The Bertz CT molecular complexity index is 459. The fourth-order valence-corrected chi connectivity index (χ4v) is 3.46. The van der Waals surface area contributed by atoms with Crippen LogP contribution >= 0.6 is 0 Å². The van der Waals surface area contributed by atoms with Crippen molar-refractivity contribution in [3.8, 4) is 5.75 Å². The second kappa shape index (κ2) is 7.95. The third kappa shape index (κ3) is 4.00. The van der Waals surface area contributed by atoms with E-state index in [4.69, 9.17) is 14.2 Å². The maximum Gasteiger partial charge on any atom is 0.157 e. The molecule has 0 radical (unpaired) electrons. The molecule has 1 aromatic carbocycles. The van der Waals surface area contributed by atoms with Gasteiger partial charge in [-0.25, -0.2) is 0 Å². The van der Waals surface area contributed by atoms with Gasteiger partial charge in [0, 0.05) is 19.2 Å². The van der Waals surface area contributed by atoms with Gasteiger partial charge in [-0.05, 0) is 56.3 Å². The molecule has 0 aliphatic carbocycles. The zero-order valence-electron chi connectivity index (χ0n) is 13.5. The first-order valence-electron chi connectivity index (χ1n) is 8.48. The third-order valence-electron chi connectivity index (χ3n) is 4.66. The quantitative estimate of drug-likeness (QED) is 0.806. The normalized spacial score (nSPS) is 26.2. The van der Waals surface area contributed by atoms with Gasteiger partial charge in [-0.2, -0.15) is 0 Å². The van der Waals surface area contributed by atoms with Gasteiger partial charge in [0.15, 0.2) is 6.29 Å². The largest absolute Gasteiger partial charge is 0.497 e. The summed E-state index contributed by atoms with van der Waals surface area (Å²) in [5.41, 5.74) is 1.35. The average molecular weight is 305 g/mol. The Morgan fingerprint density at radius 3 is 3.00 bits per heavy atom. The lowest BCUT2D eigenvalue weighted by molar-refractivity contribution is -0.164. The Hall–Kier alpha value is -1.10. The van der Waals surface area contributed by atoms with Crippen LogP contribution in [0.25, 0.3) is 0 Å². The molecule has 22 heavy (non-hydrogen) atoms. The summed E-state index contributed by atoms with van der Waals surface area (Å²) in [5, 5.41) is 0. The molecule has 2 atom stereocenters. The number of methoxy groups -OCH3 is 1. The molecule has 0 bridgehead atoms. The van der Waals surface area contributed by atoms with Gasteiger partial charge < -0.3 is 14.2 Å². The SMILES string of the molecule is COc1cccc([C@@H]2CCCN2CCO[C@@H]2CCCCO2)c1. The van der Waals surface area contributed by atoms with Gasteiger partial charge in [0.05, 0.1) is 13.7 Å². The molecular formula is C18H27NO3. The molecule has 2 fully saturated rings. The van der Waals surface area contributed by atoms with Crippen LogP contribution in [0.1, 0.15) is 43.7 Å². The molecule has 2 aliphatic rings. The maximum atomic E-state index is 5.89. The first kappa shape index (κ1) is 15.8. The van der Waals surface area contributed by atoms with Gasteiger partial charge in [-0.1, -0.05) is 12.1 Å². The van der Waals surface area contributed by atoms with Crippen molar-refractivity contribution in [1.29, 1.82) is 0 Å². The molecule has 0 spiro atoms. The standard InChI is InChI=1S/C18H27NO3/c1-20-16-7-4-6-15(14-16)17-8-5-10-19(17)11-13-22-18-9-2-3-12-21-18/h4,6-7,14,17-18H,2-3,5,8-13H2,1H3/t17-,18+/m0/s1.